The number of fused-ring (bicyclic) bond motifs is 3. The summed E-state index contributed by atoms with van der Waals surface area (Å²) in [5.41, 5.74) is 19.8. The molecule has 3 aromatic heterocycles. The van der Waals surface area contributed by atoms with Crippen molar-refractivity contribution in [2.75, 3.05) is 37.5 Å². The molecule has 0 aliphatic heterocycles. The molecule has 3 N–H and O–H groups in total. The Morgan fingerprint density at radius 2 is 0.691 bits per heavy atom. The van der Waals surface area contributed by atoms with E-state index in [0.717, 1.165) is 168 Å². The number of hydrogen-bond donors (Lipinski definition) is 3. The average molecular weight is 2010 g/mol. The summed E-state index contributed by atoms with van der Waals surface area (Å²) in [7, 11) is 0. The molecule has 139 heavy (non-hydrogen) atoms. The minimum atomic E-state index is -2.61. The topological polar surface area (TPSA) is 257 Å². The Morgan fingerprint density at radius 1 is 0.360 bits per heavy atom. The van der Waals surface area contributed by atoms with Crippen LogP contribution in [0, 0.1) is 22.7 Å². The van der Waals surface area contributed by atoms with Crippen molar-refractivity contribution in [3.05, 3.63) is 449 Å². The van der Waals surface area contributed by atoms with Gasteiger partial charge in [-0.2, -0.15) is 10.5 Å². The predicted molar refractivity (Wildman–Crippen MR) is 552 cm³/mol. The number of rotatable bonds is 35. The third-order valence-electron chi connectivity index (χ3n) is 21.1. The summed E-state index contributed by atoms with van der Waals surface area (Å²) in [5, 5.41) is 32.8. The Morgan fingerprint density at radius 3 is 1.06 bits per heavy atom. The van der Waals surface area contributed by atoms with E-state index >= 15 is 0 Å². The maximum Gasteiger partial charge on any atom is 0.248 e. The molecule has 3 heterocycles. The van der Waals surface area contributed by atoms with Crippen LogP contribution in [-0.2, 0) is 74.2 Å². The number of H-pyrrole nitrogens is 2. The van der Waals surface area contributed by atoms with E-state index in [1.54, 1.807) is 0 Å². The number of nitrogens with one attached hydrogen (secondary N) is 2. The minimum absolute atomic E-state index is 0. The van der Waals surface area contributed by atoms with Crippen LogP contribution in [0.1, 0.15) is 61.2 Å². The molecule has 0 aliphatic carbocycles. The summed E-state index contributed by atoms with van der Waals surface area (Å²) in [5.74, 6) is 8.62. The molecule has 18 rings (SSSR count). The van der Waals surface area contributed by atoms with Crippen molar-refractivity contribution in [2.24, 2.45) is 4.40 Å². The first-order valence-corrected chi connectivity index (χ1v) is 47.8. The van der Waals surface area contributed by atoms with Gasteiger partial charge in [0.25, 0.3) is 0 Å². The van der Waals surface area contributed by atoms with E-state index in [0.29, 0.717) is 101 Å². The fourth-order valence-corrected chi connectivity index (χ4v) is 15.0. The molecule has 15 aromatic carbocycles. The van der Waals surface area contributed by atoms with Crippen molar-refractivity contribution in [3.8, 4) is 97.7 Å². The molecule has 0 saturated heterocycles. The van der Waals surface area contributed by atoms with Crippen LogP contribution in [0.5, 0.6) is 51.7 Å². The molecule has 0 aliphatic rings. The van der Waals surface area contributed by atoms with E-state index in [-0.39, 0.29) is 19.0 Å². The monoisotopic (exact) mass is 2010 g/mol. The first-order valence-electron chi connectivity index (χ1n) is 44.1. The van der Waals surface area contributed by atoms with Crippen LogP contribution in [0.2, 0.25) is 0 Å². The molecule has 0 amide bonds. The molecule has 19 nitrogen and oxygen atoms in total. The second-order valence-corrected chi connectivity index (χ2v) is 33.0. The SMILES string of the molecule is ClCCOc1ccc(CBr)cc1.N#Cc1c(-c2ccc(OCc3ccccc3)cc2)[nH]c2ccc(OCc3ccccc3)cc12.N#Cc1c(-c2ccc(OCc3ccccc3)cc2)n(Cc2ccc(OCCCl)cc2)c2ccc(OCc3ccccc3)cc12.O=C=NS(=O)[O-].OCc1ccc(OCCCl)cc1.[Cl-].c1ccc(COc2ccc(-c3cc4cc(OCc5ccccc5)ccc4[nH]3)cc2)cc1. The summed E-state index contributed by atoms with van der Waals surface area (Å²) in [6.45, 7) is 5.23. The van der Waals surface area contributed by atoms with Gasteiger partial charge >= 0.3 is 0 Å². The van der Waals surface area contributed by atoms with Gasteiger partial charge in [0.2, 0.25) is 6.08 Å². The Balaban J connectivity index is 0.000000163. The summed E-state index contributed by atoms with van der Waals surface area (Å²) in [6.07, 6.45) is 0.829. The maximum absolute atomic E-state index is 10.5. The molecule has 0 radical (unpaired) electrons. The number of halogens is 5. The number of aromatic nitrogens is 3. The van der Waals surface area contributed by atoms with Crippen LogP contribution < -0.4 is 55.0 Å². The van der Waals surface area contributed by atoms with Crippen molar-refractivity contribution in [1.29, 1.82) is 10.5 Å². The summed E-state index contributed by atoms with van der Waals surface area (Å²) >= 11 is 17.5. The molecule has 0 saturated carbocycles. The second-order valence-electron chi connectivity index (χ2n) is 30.7. The lowest BCUT2D eigenvalue weighted by atomic mass is 10.1. The highest BCUT2D eigenvalue weighted by atomic mass is 79.9. The van der Waals surface area contributed by atoms with Gasteiger partial charge in [-0.25, -0.2) is 9.00 Å². The number of nitriles is 2. The third kappa shape index (κ3) is 32.2. The van der Waals surface area contributed by atoms with Gasteiger partial charge in [0.15, 0.2) is 0 Å². The standard InChI is InChI=1S/C38H31ClN2O3.C29H22N2O2.C28H23NO2.C9H10BrClO.C9H11ClO2.CHNO3S.ClH/c39-21-22-42-32-15-11-28(12-16-32)25-41-37-20-19-34(44-27-30-9-5-2-6-10-30)23-35(37)36(24-40)38(41)31-13-17-33(18-14-31)43-26-29-7-3-1-4-8-29;30-18-27-26-17-25(33-20-22-9-5-2-6-10-22)15-16-28(26)31-29(27)23-11-13-24(14-12-23)32-19-21-7-3-1-4-8-21;1-3-7-21(8-4-1)19-30-25-13-11-23(12-14-25)28-18-24-17-26(15-16-27(24)29-28)31-20-22-9-5-2-6-10-22;10-7-8-1-3-9(4-2-8)12-6-5-11;10-5-6-12-9-3-1-8(7-11)2-4-9;3-1-2-6(4)5;/h1-20,23H,21-22,25-27H2;1-17,31H,19-20H2;1-18,29H,19-20H2;1-4H,5-7H2;1-4,11H,5-7H2;(H,4,5);1H/p-2. The molecule has 25 heteroatoms. The zero-order chi connectivity index (χ0) is 96.1. The van der Waals surface area contributed by atoms with Crippen LogP contribution in [0.3, 0.4) is 0 Å². The highest BCUT2D eigenvalue weighted by Crippen LogP contribution is 2.39. The molecular formula is C114H97BrCl4N6O13S-2. The number of aromatic amines is 2. The van der Waals surface area contributed by atoms with Gasteiger partial charge in [0.05, 0.1) is 63.5 Å². The molecule has 704 valence electrons. The number of aliphatic hydroxyl groups excluding tert-OH is 1. The van der Waals surface area contributed by atoms with E-state index in [9.17, 15) is 19.3 Å². The highest BCUT2D eigenvalue weighted by molar-refractivity contribution is 9.08. The Kier molecular flexibility index (Phi) is 41.6. The van der Waals surface area contributed by atoms with E-state index in [2.05, 4.69) is 102 Å². The number of carbonyl (C=O) groups excluding carboxylic acids is 1. The van der Waals surface area contributed by atoms with Crippen LogP contribution >= 0.6 is 50.7 Å². The number of ether oxygens (including phenoxy) is 9. The Labute approximate surface area is 840 Å². The Hall–Kier alpha value is -14.8. The van der Waals surface area contributed by atoms with Crippen LogP contribution in [0.4, 0.5) is 0 Å². The smallest absolute Gasteiger partial charge is 0.248 e. The summed E-state index contributed by atoms with van der Waals surface area (Å²) in [6, 6.07) is 133. The summed E-state index contributed by atoms with van der Waals surface area (Å²) in [4.78, 5) is 15.8. The van der Waals surface area contributed by atoms with Crippen molar-refractivity contribution >= 4 is 101 Å². The number of hydrogen-bond acceptors (Lipinski definition) is 15. The largest absolute Gasteiger partial charge is 1.00 e. The van der Waals surface area contributed by atoms with Crippen LogP contribution in [-0.4, -0.2) is 71.9 Å². The zero-order valence-corrected chi connectivity index (χ0v) is 80.9. The van der Waals surface area contributed by atoms with Gasteiger partial charge in [-0.1, -0.05) is 234 Å². The van der Waals surface area contributed by atoms with E-state index < -0.39 is 11.3 Å². The molecule has 1 unspecified atom stereocenters. The van der Waals surface area contributed by atoms with Gasteiger partial charge in [0, 0.05) is 44.8 Å². The molecule has 18 aromatic rings. The third-order valence-corrected chi connectivity index (χ3v) is 22.5. The Bertz CT molecular complexity index is 6880. The number of nitrogens with zero attached hydrogens (tertiary/aromatic N) is 4. The van der Waals surface area contributed by atoms with Gasteiger partial charge in [-0.05, 0) is 237 Å². The lowest BCUT2D eigenvalue weighted by molar-refractivity contribution is -0.0000348. The quantitative estimate of drug-likeness (QED) is 0.0144. The number of isocyanates is 1. The van der Waals surface area contributed by atoms with Crippen molar-refractivity contribution in [3.63, 3.8) is 0 Å². The highest BCUT2D eigenvalue weighted by Gasteiger charge is 2.22. The number of benzene rings is 15. The van der Waals surface area contributed by atoms with Gasteiger partial charge in [0.1, 0.15) is 123 Å². The fraction of sp³-hybridized carbons (Fsp3) is 0.132. The van der Waals surface area contributed by atoms with Crippen molar-refractivity contribution in [2.45, 2.75) is 58.1 Å². The zero-order valence-electron chi connectivity index (χ0n) is 75.5. The predicted octanol–water partition coefficient (Wildman–Crippen LogP) is 24.0. The van der Waals surface area contributed by atoms with E-state index in [1.165, 1.54) is 5.56 Å². The van der Waals surface area contributed by atoms with Crippen molar-refractivity contribution < 1.29 is 73.7 Å². The lowest BCUT2D eigenvalue weighted by Gasteiger charge is -2.13. The second kappa shape index (κ2) is 56.0. The van der Waals surface area contributed by atoms with Crippen LogP contribution in [0.25, 0.3) is 66.5 Å². The molecule has 1 atom stereocenters. The molecule has 0 fully saturated rings. The van der Waals surface area contributed by atoms with Gasteiger partial charge in [-0.3, -0.25) is 0 Å². The minimum Gasteiger partial charge on any atom is -1.00 e. The molecular weight excluding hydrogens is 1920 g/mol. The van der Waals surface area contributed by atoms with Crippen molar-refractivity contribution in [1.82, 2.24) is 14.5 Å². The molecule has 0 spiro atoms. The maximum atomic E-state index is 10.5. The molecule has 0 bridgehead atoms. The normalized spacial score (nSPS) is 10.6. The first kappa shape index (κ1) is 103. The average Bonchev–Trinajstić information content (AvgIpc) is 1.61. The first-order chi connectivity index (χ1) is 67.8. The van der Waals surface area contributed by atoms with Crippen LogP contribution in [0.15, 0.2) is 393 Å². The van der Waals surface area contributed by atoms with E-state index in [1.807, 2.05) is 334 Å². The summed E-state index contributed by atoms with van der Waals surface area (Å²) < 4.78 is 74.9. The number of aliphatic hydroxyl groups is 1. The fourth-order valence-electron chi connectivity index (χ4n) is 14.3. The van der Waals surface area contributed by atoms with Gasteiger partial charge < -0.3 is 79.2 Å². The van der Waals surface area contributed by atoms with E-state index in [4.69, 9.17) is 87.3 Å². The number of alkyl halides is 4. The van der Waals surface area contributed by atoms with Gasteiger partial charge in [-0.15, -0.1) is 39.2 Å². The lowest BCUT2D eigenvalue weighted by Crippen LogP contribution is -3.00.